The second-order valence-electron chi connectivity index (χ2n) is 5.80. The molecular formula is C15H21FN2O3S. The number of rotatable bonds is 4. The van der Waals surface area contributed by atoms with Crippen LogP contribution in [0.2, 0.25) is 0 Å². The van der Waals surface area contributed by atoms with E-state index in [2.05, 4.69) is 5.32 Å². The minimum Gasteiger partial charge on any atom is -0.377 e. The molecule has 0 bridgehead atoms. The Balaban J connectivity index is 1.82. The van der Waals surface area contributed by atoms with Crippen LogP contribution in [0, 0.1) is 5.82 Å². The van der Waals surface area contributed by atoms with E-state index in [1.807, 2.05) is 0 Å². The summed E-state index contributed by atoms with van der Waals surface area (Å²) in [5.74, 6) is -0.335. The van der Waals surface area contributed by atoms with Crippen molar-refractivity contribution >= 4 is 10.0 Å². The van der Waals surface area contributed by atoms with Crippen LogP contribution in [-0.2, 0) is 14.8 Å². The van der Waals surface area contributed by atoms with Gasteiger partial charge in [-0.2, -0.15) is 4.31 Å². The van der Waals surface area contributed by atoms with Crippen LogP contribution in [0.1, 0.15) is 24.4 Å². The van der Waals surface area contributed by atoms with Gasteiger partial charge in [-0.05, 0) is 30.5 Å². The summed E-state index contributed by atoms with van der Waals surface area (Å²) < 4.78 is 45.9. The molecule has 2 unspecified atom stereocenters. The van der Waals surface area contributed by atoms with Crippen LogP contribution in [-0.4, -0.2) is 50.8 Å². The second-order valence-corrected chi connectivity index (χ2v) is 7.77. The van der Waals surface area contributed by atoms with E-state index >= 15 is 0 Å². The Bertz CT molecular complexity index is 617. The van der Waals surface area contributed by atoms with Crippen molar-refractivity contribution < 1.29 is 17.5 Å². The molecular weight excluding hydrogens is 307 g/mol. The van der Waals surface area contributed by atoms with Crippen molar-refractivity contribution in [2.24, 2.45) is 0 Å². The van der Waals surface area contributed by atoms with Gasteiger partial charge in [0, 0.05) is 26.2 Å². The molecule has 5 nitrogen and oxygen atoms in total. The van der Waals surface area contributed by atoms with Crippen LogP contribution >= 0.6 is 0 Å². The van der Waals surface area contributed by atoms with Gasteiger partial charge in [0.1, 0.15) is 5.82 Å². The average Bonchev–Trinajstić information content (AvgIpc) is 2.99. The van der Waals surface area contributed by atoms with Gasteiger partial charge in [-0.15, -0.1) is 0 Å². The van der Waals surface area contributed by atoms with Crippen molar-refractivity contribution in [2.45, 2.75) is 25.0 Å². The van der Waals surface area contributed by atoms with E-state index in [4.69, 9.17) is 4.74 Å². The highest BCUT2D eigenvalue weighted by atomic mass is 32.2. The number of hydrogen-bond acceptors (Lipinski definition) is 4. The predicted molar refractivity (Wildman–Crippen MR) is 81.5 cm³/mol. The van der Waals surface area contributed by atoms with Crippen molar-refractivity contribution in [3.05, 3.63) is 35.6 Å². The number of ether oxygens (including phenoxy) is 1. The third-order valence-corrected chi connectivity index (χ3v) is 6.15. The fourth-order valence-electron chi connectivity index (χ4n) is 3.12. The molecule has 2 fully saturated rings. The maximum atomic E-state index is 13.5. The van der Waals surface area contributed by atoms with E-state index in [1.165, 1.54) is 16.4 Å². The third-order valence-electron chi connectivity index (χ3n) is 4.21. The van der Waals surface area contributed by atoms with Crippen molar-refractivity contribution in [2.75, 3.05) is 32.0 Å². The topological polar surface area (TPSA) is 58.6 Å². The largest absolute Gasteiger partial charge is 0.377 e. The lowest BCUT2D eigenvalue weighted by Crippen LogP contribution is -2.50. The van der Waals surface area contributed by atoms with Gasteiger partial charge in [0.25, 0.3) is 0 Å². The molecule has 3 rings (SSSR count). The van der Waals surface area contributed by atoms with E-state index in [9.17, 15) is 12.8 Å². The Kier molecular flexibility index (Phi) is 4.77. The third kappa shape index (κ3) is 3.48. The summed E-state index contributed by atoms with van der Waals surface area (Å²) in [7, 11) is -3.43. The standard InChI is InChI=1S/C15H21FN2O3S/c16-13-4-1-3-12(9-13)15-10-17-6-7-18(15)22(19,20)11-14-5-2-8-21-14/h1,3-4,9,14-15,17H,2,5-8,10-11H2. The number of nitrogens with one attached hydrogen (secondary N) is 1. The summed E-state index contributed by atoms with van der Waals surface area (Å²) in [6.07, 6.45) is 1.48. The van der Waals surface area contributed by atoms with Crippen LogP contribution in [0.25, 0.3) is 0 Å². The highest BCUT2D eigenvalue weighted by Gasteiger charge is 2.35. The smallest absolute Gasteiger partial charge is 0.217 e. The molecule has 0 spiro atoms. The van der Waals surface area contributed by atoms with E-state index in [-0.39, 0.29) is 23.7 Å². The Hall–Kier alpha value is -1.02. The predicted octanol–water partition coefficient (Wildman–Crippen LogP) is 1.28. The molecule has 122 valence electrons. The monoisotopic (exact) mass is 328 g/mol. The van der Waals surface area contributed by atoms with Crippen molar-refractivity contribution in [1.82, 2.24) is 9.62 Å². The summed E-state index contributed by atoms with van der Waals surface area (Å²) in [5.41, 5.74) is 0.683. The Morgan fingerprint density at radius 1 is 1.41 bits per heavy atom. The van der Waals surface area contributed by atoms with Crippen molar-refractivity contribution in [3.8, 4) is 0 Å². The molecule has 22 heavy (non-hydrogen) atoms. The van der Waals surface area contributed by atoms with Gasteiger partial charge < -0.3 is 10.1 Å². The molecule has 0 radical (unpaired) electrons. The fourth-order valence-corrected chi connectivity index (χ4v) is 5.00. The number of benzene rings is 1. The minimum absolute atomic E-state index is 0.0127. The maximum Gasteiger partial charge on any atom is 0.217 e. The molecule has 2 aliphatic heterocycles. The van der Waals surface area contributed by atoms with Crippen LogP contribution in [0.5, 0.6) is 0 Å². The first kappa shape index (κ1) is 15.9. The summed E-state index contributed by atoms with van der Waals surface area (Å²) in [6, 6.07) is 5.80. The van der Waals surface area contributed by atoms with Gasteiger partial charge in [-0.3, -0.25) is 0 Å². The normalized spacial score (nSPS) is 27.1. The van der Waals surface area contributed by atoms with E-state index in [1.54, 1.807) is 12.1 Å². The van der Waals surface area contributed by atoms with Gasteiger partial charge in [-0.25, -0.2) is 12.8 Å². The molecule has 2 atom stereocenters. The summed E-state index contributed by atoms with van der Waals surface area (Å²) in [5, 5.41) is 3.19. The minimum atomic E-state index is -3.43. The molecule has 0 aliphatic carbocycles. The second kappa shape index (κ2) is 6.62. The maximum absolute atomic E-state index is 13.5. The zero-order valence-corrected chi connectivity index (χ0v) is 13.2. The molecule has 0 amide bonds. The first-order chi connectivity index (χ1) is 10.6. The number of hydrogen-bond donors (Lipinski definition) is 1. The Morgan fingerprint density at radius 2 is 2.27 bits per heavy atom. The summed E-state index contributed by atoms with van der Waals surface area (Å²) in [4.78, 5) is 0. The van der Waals surface area contributed by atoms with E-state index in [0.717, 1.165) is 12.8 Å². The van der Waals surface area contributed by atoms with Gasteiger partial charge in [-0.1, -0.05) is 12.1 Å². The van der Waals surface area contributed by atoms with E-state index in [0.29, 0.717) is 31.8 Å². The van der Waals surface area contributed by atoms with Crippen molar-refractivity contribution in [1.29, 1.82) is 0 Å². The number of nitrogens with zero attached hydrogens (tertiary/aromatic N) is 1. The molecule has 2 heterocycles. The number of sulfonamides is 1. The summed E-state index contributed by atoms with van der Waals surface area (Å²) >= 11 is 0. The van der Waals surface area contributed by atoms with Gasteiger partial charge in [0.2, 0.25) is 10.0 Å². The quantitative estimate of drug-likeness (QED) is 0.905. The fraction of sp³-hybridized carbons (Fsp3) is 0.600. The lowest BCUT2D eigenvalue weighted by atomic mass is 10.1. The van der Waals surface area contributed by atoms with Crippen LogP contribution in [0.4, 0.5) is 4.39 Å². The lowest BCUT2D eigenvalue weighted by molar-refractivity contribution is 0.125. The number of piperazine rings is 1. The zero-order chi connectivity index (χ0) is 15.6. The van der Waals surface area contributed by atoms with Gasteiger partial charge in [0.15, 0.2) is 0 Å². The molecule has 1 aromatic carbocycles. The van der Waals surface area contributed by atoms with Gasteiger partial charge in [0.05, 0.1) is 17.9 Å². The van der Waals surface area contributed by atoms with E-state index < -0.39 is 10.0 Å². The van der Waals surface area contributed by atoms with Crippen LogP contribution < -0.4 is 5.32 Å². The van der Waals surface area contributed by atoms with Crippen molar-refractivity contribution in [3.63, 3.8) is 0 Å². The van der Waals surface area contributed by atoms with Gasteiger partial charge >= 0.3 is 0 Å². The first-order valence-corrected chi connectivity index (χ1v) is 9.24. The first-order valence-electron chi connectivity index (χ1n) is 7.63. The summed E-state index contributed by atoms with van der Waals surface area (Å²) in [6.45, 7) is 2.13. The SMILES string of the molecule is O=S(=O)(CC1CCCO1)N1CCNCC1c1cccc(F)c1. The molecule has 0 saturated carbocycles. The zero-order valence-electron chi connectivity index (χ0n) is 12.4. The molecule has 2 saturated heterocycles. The Labute approximate surface area is 130 Å². The molecule has 2 aliphatic rings. The highest BCUT2D eigenvalue weighted by molar-refractivity contribution is 7.89. The molecule has 1 aromatic rings. The highest BCUT2D eigenvalue weighted by Crippen LogP contribution is 2.27. The molecule has 0 aromatic heterocycles. The molecule has 7 heteroatoms. The van der Waals surface area contributed by atoms with Crippen LogP contribution in [0.15, 0.2) is 24.3 Å². The Morgan fingerprint density at radius 3 is 3.00 bits per heavy atom. The number of halogens is 1. The lowest BCUT2D eigenvalue weighted by Gasteiger charge is -2.36. The molecule has 1 N–H and O–H groups in total. The average molecular weight is 328 g/mol. The van der Waals surface area contributed by atoms with Crippen LogP contribution in [0.3, 0.4) is 0 Å².